The molecule has 0 aliphatic rings. The average Bonchev–Trinajstić information content (AvgIpc) is 2.01. The molecule has 0 saturated heterocycles. The highest BCUT2D eigenvalue weighted by molar-refractivity contribution is 9.10. The van der Waals surface area contributed by atoms with Crippen LogP contribution in [0.1, 0.15) is 5.56 Å². The fourth-order valence-electron chi connectivity index (χ4n) is 1.02. The molecule has 1 aromatic rings. The summed E-state index contributed by atoms with van der Waals surface area (Å²) >= 11 is 14.6. The quantitative estimate of drug-likeness (QED) is 0.869. The lowest BCUT2D eigenvalue weighted by molar-refractivity contribution is -0.136. The van der Waals surface area contributed by atoms with E-state index in [-0.39, 0.29) is 0 Å². The van der Waals surface area contributed by atoms with Gasteiger partial charge in [-0.25, -0.2) is 0 Å². The van der Waals surface area contributed by atoms with Gasteiger partial charge in [-0.05, 0) is 30.2 Å². The SMILES string of the molecule is O=C(O)[C@H](Br)Cc1cc(Cl)cc(Cl)c1. The van der Waals surface area contributed by atoms with Crippen molar-refractivity contribution in [2.75, 3.05) is 0 Å². The van der Waals surface area contributed by atoms with Gasteiger partial charge >= 0.3 is 5.97 Å². The number of hydrogen-bond acceptors (Lipinski definition) is 1. The molecule has 0 fully saturated rings. The molecule has 0 spiro atoms. The number of benzene rings is 1. The predicted octanol–water partition coefficient (Wildman–Crippen LogP) is 3.38. The van der Waals surface area contributed by atoms with E-state index in [1.807, 2.05) is 0 Å². The van der Waals surface area contributed by atoms with Crippen LogP contribution in [-0.4, -0.2) is 15.9 Å². The Kier molecular flexibility index (Phi) is 4.23. The lowest BCUT2D eigenvalue weighted by atomic mass is 10.1. The first-order chi connectivity index (χ1) is 6.49. The zero-order chi connectivity index (χ0) is 10.7. The van der Waals surface area contributed by atoms with E-state index < -0.39 is 10.8 Å². The maximum atomic E-state index is 10.6. The first-order valence-corrected chi connectivity index (χ1v) is 5.48. The Labute approximate surface area is 100.0 Å². The van der Waals surface area contributed by atoms with Crippen LogP contribution in [0.2, 0.25) is 10.0 Å². The lowest BCUT2D eigenvalue weighted by Gasteiger charge is -2.05. The van der Waals surface area contributed by atoms with Crippen LogP contribution in [0.15, 0.2) is 18.2 Å². The van der Waals surface area contributed by atoms with E-state index in [2.05, 4.69) is 15.9 Å². The van der Waals surface area contributed by atoms with Gasteiger partial charge in [-0.15, -0.1) is 0 Å². The van der Waals surface area contributed by atoms with E-state index in [0.29, 0.717) is 16.5 Å². The second-order valence-corrected chi connectivity index (χ2v) is 4.77. The summed E-state index contributed by atoms with van der Waals surface area (Å²) in [6, 6.07) is 5.01. The molecule has 1 rings (SSSR count). The molecule has 0 bridgehead atoms. The summed E-state index contributed by atoms with van der Waals surface area (Å²) in [4.78, 5) is 9.95. The van der Waals surface area contributed by atoms with Crippen molar-refractivity contribution in [3.05, 3.63) is 33.8 Å². The summed E-state index contributed by atoms with van der Waals surface area (Å²) in [5.74, 6) is -0.902. The van der Waals surface area contributed by atoms with E-state index in [1.165, 1.54) is 0 Å². The van der Waals surface area contributed by atoms with Crippen molar-refractivity contribution in [2.24, 2.45) is 0 Å². The number of aliphatic carboxylic acids is 1. The van der Waals surface area contributed by atoms with Crippen LogP contribution in [0.3, 0.4) is 0 Å². The van der Waals surface area contributed by atoms with Gasteiger partial charge < -0.3 is 5.11 Å². The van der Waals surface area contributed by atoms with Gasteiger partial charge in [0.15, 0.2) is 0 Å². The van der Waals surface area contributed by atoms with Crippen LogP contribution < -0.4 is 0 Å². The molecular formula is C9H7BrCl2O2. The van der Waals surface area contributed by atoms with Gasteiger partial charge in [-0.2, -0.15) is 0 Å². The Morgan fingerprint density at radius 2 is 1.86 bits per heavy atom. The third kappa shape index (κ3) is 3.48. The van der Waals surface area contributed by atoms with Gasteiger partial charge in [-0.1, -0.05) is 39.1 Å². The van der Waals surface area contributed by atoms with Gasteiger partial charge in [-0.3, -0.25) is 4.79 Å². The first kappa shape index (κ1) is 11.8. The van der Waals surface area contributed by atoms with Crippen LogP contribution in [0.25, 0.3) is 0 Å². The average molecular weight is 298 g/mol. The number of hydrogen-bond donors (Lipinski definition) is 1. The number of carbonyl (C=O) groups is 1. The van der Waals surface area contributed by atoms with Crippen molar-refractivity contribution in [2.45, 2.75) is 11.2 Å². The van der Waals surface area contributed by atoms with Crippen LogP contribution in [-0.2, 0) is 11.2 Å². The largest absolute Gasteiger partial charge is 0.480 e. The van der Waals surface area contributed by atoms with Gasteiger partial charge in [0.1, 0.15) is 4.83 Å². The van der Waals surface area contributed by atoms with Crippen molar-refractivity contribution in [3.8, 4) is 0 Å². The maximum Gasteiger partial charge on any atom is 0.317 e. The smallest absolute Gasteiger partial charge is 0.317 e. The van der Waals surface area contributed by atoms with E-state index in [4.69, 9.17) is 28.3 Å². The summed E-state index contributed by atoms with van der Waals surface area (Å²) in [7, 11) is 0. The number of carboxylic acids is 1. The molecule has 1 aromatic carbocycles. The standard InChI is InChI=1S/C9H7BrCl2O2/c10-8(9(13)14)3-5-1-6(11)4-7(12)2-5/h1-2,4,8H,3H2,(H,13,14)/t8-/m1/s1. The zero-order valence-corrected chi connectivity index (χ0v) is 10.1. The minimum atomic E-state index is -0.902. The molecule has 5 heteroatoms. The van der Waals surface area contributed by atoms with Crippen LogP contribution in [0, 0.1) is 0 Å². The van der Waals surface area contributed by atoms with Gasteiger partial charge in [0.05, 0.1) is 0 Å². The van der Waals surface area contributed by atoms with Crippen LogP contribution in [0.5, 0.6) is 0 Å². The van der Waals surface area contributed by atoms with E-state index in [0.717, 1.165) is 5.56 Å². The number of rotatable bonds is 3. The topological polar surface area (TPSA) is 37.3 Å². The van der Waals surface area contributed by atoms with Crippen LogP contribution in [0.4, 0.5) is 0 Å². The molecule has 14 heavy (non-hydrogen) atoms. The molecule has 76 valence electrons. The minimum Gasteiger partial charge on any atom is -0.480 e. The summed E-state index contributed by atoms with van der Waals surface area (Å²) < 4.78 is 0. The highest BCUT2D eigenvalue weighted by Gasteiger charge is 2.13. The third-order valence-corrected chi connectivity index (χ3v) is 2.76. The maximum absolute atomic E-state index is 10.6. The lowest BCUT2D eigenvalue weighted by Crippen LogP contribution is -2.15. The van der Waals surface area contributed by atoms with Crippen molar-refractivity contribution < 1.29 is 9.90 Å². The Morgan fingerprint density at radius 1 is 1.36 bits per heavy atom. The zero-order valence-electron chi connectivity index (χ0n) is 7.01. The van der Waals surface area contributed by atoms with E-state index in [1.54, 1.807) is 18.2 Å². The van der Waals surface area contributed by atoms with Gasteiger partial charge in [0.25, 0.3) is 0 Å². The second kappa shape index (κ2) is 5.01. The van der Waals surface area contributed by atoms with Crippen LogP contribution >= 0.6 is 39.1 Å². The highest BCUT2D eigenvalue weighted by atomic mass is 79.9. The summed E-state index contributed by atoms with van der Waals surface area (Å²) in [5, 5.41) is 9.69. The molecule has 0 saturated carbocycles. The van der Waals surface area contributed by atoms with Crippen molar-refractivity contribution in [1.82, 2.24) is 0 Å². The minimum absolute atomic E-state index is 0.357. The first-order valence-electron chi connectivity index (χ1n) is 3.81. The Balaban J connectivity index is 2.81. The molecule has 1 N–H and O–H groups in total. The summed E-state index contributed by atoms with van der Waals surface area (Å²) in [5.41, 5.74) is 0.798. The molecule has 0 aliphatic heterocycles. The molecule has 0 radical (unpaired) electrons. The highest BCUT2D eigenvalue weighted by Crippen LogP contribution is 2.21. The Morgan fingerprint density at radius 3 is 2.29 bits per heavy atom. The van der Waals surface area contributed by atoms with Crippen molar-refractivity contribution >= 4 is 45.1 Å². The molecule has 0 unspecified atom stereocenters. The number of carboxylic acid groups (broad SMARTS) is 1. The van der Waals surface area contributed by atoms with Gasteiger partial charge in [0.2, 0.25) is 0 Å². The third-order valence-electron chi connectivity index (χ3n) is 1.61. The Bertz CT molecular complexity index is 334. The van der Waals surface area contributed by atoms with E-state index >= 15 is 0 Å². The second-order valence-electron chi connectivity index (χ2n) is 2.79. The molecule has 0 amide bonds. The van der Waals surface area contributed by atoms with Gasteiger partial charge in [0, 0.05) is 10.0 Å². The molecular weight excluding hydrogens is 291 g/mol. The summed E-state index contributed by atoms with van der Waals surface area (Å²) in [6.07, 6.45) is 0.357. The van der Waals surface area contributed by atoms with Crippen molar-refractivity contribution in [3.63, 3.8) is 0 Å². The fraction of sp³-hybridized carbons (Fsp3) is 0.222. The molecule has 2 nitrogen and oxygen atoms in total. The molecule has 0 aromatic heterocycles. The molecule has 0 heterocycles. The Hall–Kier alpha value is -0.250. The number of halogens is 3. The normalized spacial score (nSPS) is 12.5. The summed E-state index contributed by atoms with van der Waals surface area (Å²) in [6.45, 7) is 0. The molecule has 1 atom stereocenters. The predicted molar refractivity (Wildman–Crippen MR) is 60.5 cm³/mol. The molecule has 0 aliphatic carbocycles. The van der Waals surface area contributed by atoms with Crippen molar-refractivity contribution in [1.29, 1.82) is 0 Å². The van der Waals surface area contributed by atoms with E-state index in [9.17, 15) is 4.79 Å². The monoisotopic (exact) mass is 296 g/mol. The number of alkyl halides is 1. The fourth-order valence-corrected chi connectivity index (χ4v) is 1.97.